The Balaban J connectivity index is 2.11. The fourth-order valence-electron chi connectivity index (χ4n) is 3.82. The maximum Gasteiger partial charge on any atom is 0.330 e. The molecule has 13 heteroatoms. The number of carboxylic acids is 2. The molecule has 10 nitrogen and oxygen atoms in total. The number of ether oxygens (including phenoxy) is 1. The standard InChI is InChI=1S/C29H32ClFN2O8S/c1-16(2)28(33-25(35)12-18-11-17(8-10-26(36)37)7-9-24(18)41-3)29(40)32-22(13-27(38)39)23(34)15-42-14-19-20(30)5-4-6-21(19)31/h4-7,9,11,13,16,28H,8,10,12,14-15H2,1-3H3,(H,32,40)(H,33,35)(H,36,37)(H,38,39)/t28-/m0/s1. The third kappa shape index (κ3) is 10.8. The summed E-state index contributed by atoms with van der Waals surface area (Å²) < 4.78 is 19.3. The van der Waals surface area contributed by atoms with Gasteiger partial charge in [0.2, 0.25) is 11.8 Å². The summed E-state index contributed by atoms with van der Waals surface area (Å²) >= 11 is 6.99. The Morgan fingerprint density at radius 3 is 2.43 bits per heavy atom. The molecule has 2 aromatic carbocycles. The lowest BCUT2D eigenvalue weighted by Gasteiger charge is -2.22. The van der Waals surface area contributed by atoms with Crippen LogP contribution >= 0.6 is 23.4 Å². The third-order valence-electron chi connectivity index (χ3n) is 5.96. The fourth-order valence-corrected chi connectivity index (χ4v) is 5.07. The first-order chi connectivity index (χ1) is 19.8. The molecule has 1 atom stereocenters. The number of amides is 2. The van der Waals surface area contributed by atoms with Crippen molar-refractivity contribution in [2.75, 3.05) is 12.9 Å². The SMILES string of the molecule is COc1ccc(CCC(=O)O)cc1CC(=O)N[C@H](C(=O)NC(=CC(=O)O)C(=O)CSCc1c(F)cccc1Cl)C(C)C. The Bertz CT molecular complexity index is 1340. The smallest absolute Gasteiger partial charge is 0.330 e. The van der Waals surface area contributed by atoms with Crippen LogP contribution in [0.5, 0.6) is 5.75 Å². The van der Waals surface area contributed by atoms with E-state index in [1.165, 1.54) is 25.3 Å². The number of nitrogens with one attached hydrogen (secondary N) is 2. The van der Waals surface area contributed by atoms with Crippen molar-refractivity contribution in [3.63, 3.8) is 0 Å². The quantitative estimate of drug-likeness (QED) is 0.204. The molecule has 0 aliphatic rings. The van der Waals surface area contributed by atoms with Gasteiger partial charge in [-0.15, -0.1) is 11.8 Å². The van der Waals surface area contributed by atoms with Crippen LogP contribution in [0.3, 0.4) is 0 Å². The molecular weight excluding hydrogens is 591 g/mol. The number of carbonyl (C=O) groups is 5. The zero-order valence-corrected chi connectivity index (χ0v) is 24.8. The van der Waals surface area contributed by atoms with E-state index < -0.39 is 53.0 Å². The summed E-state index contributed by atoms with van der Waals surface area (Å²) in [5.74, 6) is -5.33. The van der Waals surface area contributed by atoms with Crippen LogP contribution in [-0.2, 0) is 42.6 Å². The van der Waals surface area contributed by atoms with Gasteiger partial charge >= 0.3 is 11.9 Å². The summed E-state index contributed by atoms with van der Waals surface area (Å²) in [5, 5.41) is 23.3. The van der Waals surface area contributed by atoms with Gasteiger partial charge in [-0.05, 0) is 36.1 Å². The van der Waals surface area contributed by atoms with E-state index in [2.05, 4.69) is 10.6 Å². The molecule has 0 fully saturated rings. The second-order valence-corrected chi connectivity index (χ2v) is 10.9. The minimum absolute atomic E-state index is 0.0389. The highest BCUT2D eigenvalue weighted by molar-refractivity contribution is 7.99. The van der Waals surface area contributed by atoms with Gasteiger partial charge in [0.1, 0.15) is 17.6 Å². The number of aliphatic carboxylic acids is 2. The van der Waals surface area contributed by atoms with Crippen molar-refractivity contribution >= 4 is 52.9 Å². The molecule has 2 rings (SSSR count). The van der Waals surface area contributed by atoms with Crippen LogP contribution in [0.1, 0.15) is 37.0 Å². The van der Waals surface area contributed by atoms with Gasteiger partial charge < -0.3 is 25.6 Å². The lowest BCUT2D eigenvalue weighted by molar-refractivity contribution is -0.137. The van der Waals surface area contributed by atoms with Crippen molar-refractivity contribution in [1.29, 1.82) is 0 Å². The Hall–Kier alpha value is -3.90. The molecule has 2 aromatic rings. The van der Waals surface area contributed by atoms with E-state index in [0.717, 1.165) is 11.8 Å². The van der Waals surface area contributed by atoms with E-state index >= 15 is 0 Å². The number of rotatable bonds is 16. The molecule has 0 bridgehead atoms. The van der Waals surface area contributed by atoms with Crippen molar-refractivity contribution in [2.45, 2.75) is 44.9 Å². The van der Waals surface area contributed by atoms with Gasteiger partial charge in [0.15, 0.2) is 5.78 Å². The van der Waals surface area contributed by atoms with E-state index in [9.17, 15) is 33.5 Å². The average molecular weight is 623 g/mol. The lowest BCUT2D eigenvalue weighted by atomic mass is 10.0. The van der Waals surface area contributed by atoms with Gasteiger partial charge in [0, 0.05) is 28.3 Å². The van der Waals surface area contributed by atoms with Gasteiger partial charge in [0.25, 0.3) is 0 Å². The van der Waals surface area contributed by atoms with E-state index in [0.29, 0.717) is 23.0 Å². The minimum Gasteiger partial charge on any atom is -0.496 e. The van der Waals surface area contributed by atoms with Crippen LogP contribution in [0.15, 0.2) is 48.2 Å². The van der Waals surface area contributed by atoms with E-state index in [1.54, 1.807) is 32.0 Å². The molecule has 0 aromatic heterocycles. The molecule has 0 spiro atoms. The Kier molecular flexibility index (Phi) is 13.5. The molecule has 42 heavy (non-hydrogen) atoms. The van der Waals surface area contributed by atoms with Gasteiger partial charge in [-0.1, -0.05) is 43.6 Å². The molecular formula is C29H32ClFN2O8S. The number of benzene rings is 2. The summed E-state index contributed by atoms with van der Waals surface area (Å²) in [6.07, 6.45) is 0.535. The summed E-state index contributed by atoms with van der Waals surface area (Å²) in [6, 6.07) is 8.03. The third-order valence-corrected chi connectivity index (χ3v) is 7.27. The number of ketones is 1. The monoisotopic (exact) mass is 622 g/mol. The molecule has 4 N–H and O–H groups in total. The van der Waals surface area contributed by atoms with E-state index in [-0.39, 0.29) is 41.4 Å². The lowest BCUT2D eigenvalue weighted by Crippen LogP contribution is -2.50. The Labute approximate surface area is 251 Å². The number of thioether (sulfide) groups is 1. The van der Waals surface area contributed by atoms with E-state index in [1.807, 2.05) is 0 Å². The number of aryl methyl sites for hydroxylation is 1. The van der Waals surface area contributed by atoms with Crippen molar-refractivity contribution < 1.29 is 43.3 Å². The molecule has 0 saturated heterocycles. The molecule has 0 saturated carbocycles. The first-order valence-electron chi connectivity index (χ1n) is 12.8. The molecule has 0 aliphatic carbocycles. The average Bonchev–Trinajstić information content (AvgIpc) is 2.91. The van der Waals surface area contributed by atoms with Crippen LogP contribution in [-0.4, -0.2) is 58.7 Å². The normalized spacial score (nSPS) is 12.0. The number of hydrogen-bond donors (Lipinski definition) is 4. The van der Waals surface area contributed by atoms with Crippen LogP contribution in [0.25, 0.3) is 0 Å². The van der Waals surface area contributed by atoms with Gasteiger partial charge in [-0.3, -0.25) is 19.2 Å². The summed E-state index contributed by atoms with van der Waals surface area (Å²) in [6.45, 7) is 3.32. The topological polar surface area (TPSA) is 159 Å². The van der Waals surface area contributed by atoms with Gasteiger partial charge in [-0.25, -0.2) is 9.18 Å². The molecule has 0 aliphatic heterocycles. The van der Waals surface area contributed by atoms with Crippen LogP contribution in [0.2, 0.25) is 5.02 Å². The van der Waals surface area contributed by atoms with Crippen molar-refractivity contribution in [2.24, 2.45) is 5.92 Å². The molecule has 226 valence electrons. The predicted octanol–water partition coefficient (Wildman–Crippen LogP) is 3.78. The maximum atomic E-state index is 14.0. The Morgan fingerprint density at radius 1 is 1.12 bits per heavy atom. The van der Waals surface area contributed by atoms with E-state index in [4.69, 9.17) is 21.4 Å². The number of halogens is 2. The predicted molar refractivity (Wildman–Crippen MR) is 156 cm³/mol. The number of Topliss-reactive ketones (excluding diaryl/α,β-unsaturated/α-hetero) is 1. The number of hydrogen-bond acceptors (Lipinski definition) is 7. The molecule has 0 unspecified atom stereocenters. The highest BCUT2D eigenvalue weighted by Crippen LogP contribution is 2.24. The van der Waals surface area contributed by atoms with Crippen LogP contribution in [0.4, 0.5) is 4.39 Å². The largest absolute Gasteiger partial charge is 0.496 e. The number of carboxylic acid groups (broad SMARTS) is 2. The van der Waals surface area contributed by atoms with Gasteiger partial charge in [-0.2, -0.15) is 0 Å². The second-order valence-electron chi connectivity index (χ2n) is 9.51. The minimum atomic E-state index is -1.47. The van der Waals surface area contributed by atoms with Crippen LogP contribution in [0, 0.1) is 11.7 Å². The second kappa shape index (κ2) is 16.5. The summed E-state index contributed by atoms with van der Waals surface area (Å²) in [4.78, 5) is 61.1. The first-order valence-corrected chi connectivity index (χ1v) is 14.3. The molecule has 0 heterocycles. The first kappa shape index (κ1) is 34.3. The zero-order valence-electron chi connectivity index (χ0n) is 23.2. The molecule has 2 amide bonds. The van der Waals surface area contributed by atoms with Crippen molar-refractivity contribution in [3.8, 4) is 5.75 Å². The highest BCUT2D eigenvalue weighted by atomic mass is 35.5. The summed E-state index contributed by atoms with van der Waals surface area (Å²) in [7, 11) is 1.43. The van der Waals surface area contributed by atoms with Crippen LogP contribution < -0.4 is 15.4 Å². The molecule has 0 radical (unpaired) electrons. The van der Waals surface area contributed by atoms with Crippen molar-refractivity contribution in [3.05, 3.63) is 75.7 Å². The number of allylic oxidation sites excluding steroid dienone is 1. The van der Waals surface area contributed by atoms with Gasteiger partial charge in [0.05, 0.1) is 31.1 Å². The maximum absolute atomic E-state index is 14.0. The number of carbonyl (C=O) groups excluding carboxylic acids is 3. The number of methoxy groups -OCH3 is 1. The zero-order chi connectivity index (χ0) is 31.4. The highest BCUT2D eigenvalue weighted by Gasteiger charge is 2.27. The fraction of sp³-hybridized carbons (Fsp3) is 0.345. The Morgan fingerprint density at radius 2 is 1.83 bits per heavy atom. The summed E-state index contributed by atoms with van der Waals surface area (Å²) in [5.41, 5.74) is 0.870. The van der Waals surface area contributed by atoms with Crippen molar-refractivity contribution in [1.82, 2.24) is 10.6 Å².